The fraction of sp³-hybridized carbons (Fsp3) is 0.547. The highest BCUT2D eigenvalue weighted by atomic mass is 32.2. The zero-order valence-corrected chi connectivity index (χ0v) is 72.0. The van der Waals surface area contributed by atoms with Crippen molar-refractivity contribution in [2.75, 3.05) is 68.6 Å². The van der Waals surface area contributed by atoms with Crippen LogP contribution in [0.3, 0.4) is 0 Å². The van der Waals surface area contributed by atoms with Gasteiger partial charge in [0, 0.05) is 80.1 Å². The van der Waals surface area contributed by atoms with Gasteiger partial charge in [-0.25, -0.2) is 24.4 Å². The highest BCUT2D eigenvalue weighted by Crippen LogP contribution is 2.60. The lowest BCUT2D eigenvalue weighted by Crippen LogP contribution is -2.59. The van der Waals surface area contributed by atoms with E-state index < -0.39 is 186 Å². The van der Waals surface area contributed by atoms with Crippen LogP contribution >= 0.6 is 11.3 Å². The molecule has 7 amide bonds. The van der Waals surface area contributed by atoms with Gasteiger partial charge in [-0.05, 0) is 152 Å². The molecule has 3 aromatic carbocycles. The predicted octanol–water partition coefficient (Wildman–Crippen LogP) is 3.29. The van der Waals surface area contributed by atoms with Crippen LogP contribution in [0, 0.1) is 29.6 Å². The number of amides is 7. The molecule has 4 fully saturated rings. The summed E-state index contributed by atoms with van der Waals surface area (Å²) in [5, 5.41) is 109. The van der Waals surface area contributed by atoms with Crippen LogP contribution in [-0.2, 0) is 102 Å². The number of hydrogen-bond acceptors (Lipinski definition) is 28. The van der Waals surface area contributed by atoms with E-state index in [0.717, 1.165) is 56.1 Å². The Kier molecular flexibility index (Phi) is 29.6. The number of anilines is 2. The SMILES string of the molecule is Cc1c(-c2ccc(N3CCc4cccc(C(=O)Nc5nc6ccccc6s5)c4C3)nc2C(=O)O)cnn1CC1(C)CC2(C)CC(C)CC(OCCN(CC[C@@H](O)[C@H](O)[C@H](O)CO)C(=O)OCc3ccc(CC(=O)[C@H](C)NC(=O)[C@@H](NC(=O)CN4C(=O)[C@@H](N5C(=O)C=CC5=O)C[C@H]4COCCS(=O)(=O)O)C(C)C)cc3CC[C@@H]3O[C@H](C(=O)O)[C@@H](O)[C@H](O)[C@H]3O)(C2)C1. The van der Waals surface area contributed by atoms with E-state index in [1.165, 1.54) is 29.2 Å². The average Bonchev–Trinajstić information content (AvgIpc) is 1.46. The number of pyridine rings is 1. The third-order valence-corrected chi connectivity index (χ3v) is 26.1. The minimum absolute atomic E-state index is 0.0666. The minimum Gasteiger partial charge on any atom is -0.479 e. The number of likely N-dealkylation sites (tertiary alicyclic amines) is 1. The van der Waals surface area contributed by atoms with Gasteiger partial charge in [0.25, 0.3) is 27.8 Å². The van der Waals surface area contributed by atoms with Crippen LogP contribution in [0.5, 0.6) is 0 Å². The minimum atomic E-state index is -4.44. The number of nitrogens with one attached hydrogen (secondary N) is 3. The number of carboxylic acid groups (broad SMARTS) is 2. The first-order valence-corrected chi connectivity index (χ1v) is 44.1. The summed E-state index contributed by atoms with van der Waals surface area (Å²) in [6, 6.07) is 16.5. The number of rotatable bonds is 38. The first-order chi connectivity index (χ1) is 59.1. The van der Waals surface area contributed by atoms with Crippen molar-refractivity contribution in [1.29, 1.82) is 0 Å². The number of aliphatic carboxylic acids is 1. The van der Waals surface area contributed by atoms with Crippen LogP contribution in [-0.4, -0.2) is 290 Å². The van der Waals surface area contributed by atoms with Crippen molar-refractivity contribution in [3.05, 3.63) is 136 Å². The Balaban J connectivity index is 0.721. The van der Waals surface area contributed by atoms with Crippen LogP contribution < -0.4 is 20.9 Å². The maximum atomic E-state index is 14.7. The summed E-state index contributed by atoms with van der Waals surface area (Å²) in [5.41, 5.74) is 4.03. The van der Waals surface area contributed by atoms with Gasteiger partial charge < -0.3 is 90.2 Å². The number of aryl methyl sites for hydroxylation is 1. The standard InChI is InChI=1S/C86H109N11O26S2/c1-46(2)70(91-67(102)38-95-54(41-120-29-30-125(117,118)119)33-60(79(95)111)97-68(103)21-22-69(97)104)78(110)88-48(4)62(100)32-50-15-16-53(52(31-50)17-19-64-73(106)74(107)75(108)76(123-64)81(114)115)40-121-83(116)93(26-24-61(99)72(105)63(101)39-98)27-28-122-86-35-47(3)34-84(6,43-86)42-85(7,44-86)45-96-49(5)57(36-87-96)55-18-20-66(90-71(55)80(112)113)94-25-23-51-11-10-12-56(58(51)37-94)77(109)92-82-89-59-13-8-9-14-65(59)124-82/h8-16,18,20-22,31,36,46-48,54,60-61,63-64,70,72-76,98-99,101,105-108H,17,19,23-30,32-35,37-45H2,1-7H3,(H,88,110)(H,91,102)(H,112,113)(H,114,115)(H,89,92,109)(H,117,118,119)/t47?,48-,54-,60-,61+,63+,64-,70-,72-,73-,74+,75-,76-,84?,85?,86?/m0/s1. The van der Waals surface area contributed by atoms with Crippen LogP contribution in [0.25, 0.3) is 21.3 Å². The Morgan fingerprint density at radius 3 is 2.28 bits per heavy atom. The number of aliphatic hydroxyl groups is 7. The van der Waals surface area contributed by atoms with Crippen molar-refractivity contribution in [2.45, 2.75) is 217 Å². The number of Topliss-reactive ketones (excluding diaryl/α,β-unsaturated/α-hetero) is 1. The molecule has 2 saturated heterocycles. The van der Waals surface area contributed by atoms with E-state index in [-0.39, 0.29) is 81.3 Å². The van der Waals surface area contributed by atoms with Gasteiger partial charge in [0.15, 0.2) is 22.7 Å². The molecule has 12 rings (SSSR count). The van der Waals surface area contributed by atoms with E-state index in [1.807, 2.05) is 52.9 Å². The van der Waals surface area contributed by atoms with Gasteiger partial charge in [0.1, 0.15) is 55.0 Å². The van der Waals surface area contributed by atoms with E-state index in [1.54, 1.807) is 50.4 Å². The number of ketones is 1. The lowest BCUT2D eigenvalue weighted by Gasteiger charge is -2.58. The molecule has 7 heterocycles. The second kappa shape index (κ2) is 39.4. The quantitative estimate of drug-likeness (QED) is 0.0150. The Bertz CT molecular complexity index is 5150. The summed E-state index contributed by atoms with van der Waals surface area (Å²) in [4.78, 5) is 150. The van der Waals surface area contributed by atoms with Gasteiger partial charge in [-0.2, -0.15) is 13.5 Å². The highest BCUT2D eigenvalue weighted by molar-refractivity contribution is 7.85. The Morgan fingerprint density at radius 2 is 1.58 bits per heavy atom. The molecule has 3 aromatic heterocycles. The average molecular weight is 1780 g/mol. The van der Waals surface area contributed by atoms with Crippen molar-refractivity contribution in [2.24, 2.45) is 22.7 Å². The third kappa shape index (κ3) is 22.3. The topological polar surface area (TPSA) is 537 Å². The predicted molar refractivity (Wildman–Crippen MR) is 449 cm³/mol. The lowest BCUT2D eigenvalue weighted by molar-refractivity contribution is -0.228. The summed E-state index contributed by atoms with van der Waals surface area (Å²) < 4.78 is 59.0. The number of fused-ring (bicyclic) bond motifs is 4. The summed E-state index contributed by atoms with van der Waals surface area (Å²) in [7, 11) is -4.44. The Labute approximate surface area is 724 Å². The molecule has 16 atom stereocenters. The number of aromatic nitrogens is 4. The highest BCUT2D eigenvalue weighted by Gasteiger charge is 2.56. The Morgan fingerprint density at radius 1 is 0.832 bits per heavy atom. The van der Waals surface area contributed by atoms with Crippen molar-refractivity contribution in [3.8, 4) is 11.1 Å². The number of thiazole rings is 1. The Hall–Kier alpha value is -10.1. The number of benzene rings is 3. The van der Waals surface area contributed by atoms with Gasteiger partial charge in [-0.1, -0.05) is 88.4 Å². The van der Waals surface area contributed by atoms with Crippen molar-refractivity contribution in [3.63, 3.8) is 0 Å². The summed E-state index contributed by atoms with van der Waals surface area (Å²) in [5.74, 6) is -8.60. The number of carboxylic acids is 2. The van der Waals surface area contributed by atoms with Crippen LogP contribution in [0.2, 0.25) is 0 Å². The number of imide groups is 1. The number of hydrogen-bond donors (Lipinski definition) is 13. The second-order valence-corrected chi connectivity index (χ2v) is 37.5. The molecule has 2 saturated carbocycles. The molecule has 2 bridgehead atoms. The van der Waals surface area contributed by atoms with E-state index in [0.29, 0.717) is 95.3 Å². The largest absolute Gasteiger partial charge is 0.479 e. The van der Waals surface area contributed by atoms with Crippen molar-refractivity contribution in [1.82, 2.24) is 45.1 Å². The third-order valence-electron chi connectivity index (χ3n) is 24.5. The van der Waals surface area contributed by atoms with Gasteiger partial charge in [-0.3, -0.25) is 53.0 Å². The van der Waals surface area contributed by atoms with Crippen LogP contribution in [0.4, 0.5) is 15.7 Å². The van der Waals surface area contributed by atoms with E-state index in [4.69, 9.17) is 29.0 Å². The molecule has 39 heteroatoms. The molecule has 125 heavy (non-hydrogen) atoms. The first-order valence-electron chi connectivity index (χ1n) is 41.7. The number of carbonyl (C=O) groups excluding carboxylic acids is 8. The van der Waals surface area contributed by atoms with Gasteiger partial charge in [-0.15, -0.1) is 0 Å². The summed E-state index contributed by atoms with van der Waals surface area (Å²) >= 11 is 1.38. The lowest BCUT2D eigenvalue weighted by atomic mass is 9.51. The molecule has 4 unspecified atom stereocenters. The normalized spacial score (nSPS) is 25.0. The zero-order chi connectivity index (χ0) is 90.5. The molecule has 2 aliphatic carbocycles. The molecule has 6 aromatic rings. The number of nitrogens with zero attached hydrogens (tertiary/aromatic N) is 8. The first kappa shape index (κ1) is 94.0. The maximum absolute atomic E-state index is 14.7. The molecule has 6 aliphatic rings. The molecule has 37 nitrogen and oxygen atoms in total. The maximum Gasteiger partial charge on any atom is 0.410 e. The molecule has 676 valence electrons. The van der Waals surface area contributed by atoms with Crippen molar-refractivity contribution >= 4 is 102 Å². The fourth-order valence-electron chi connectivity index (χ4n) is 19.0. The van der Waals surface area contributed by atoms with Gasteiger partial charge in [0.2, 0.25) is 17.7 Å². The molecule has 13 N–H and O–H groups in total. The number of aromatic carboxylic acids is 1. The van der Waals surface area contributed by atoms with Gasteiger partial charge >= 0.3 is 18.0 Å². The molecule has 0 radical (unpaired) electrons. The van der Waals surface area contributed by atoms with E-state index in [2.05, 4.69) is 41.7 Å². The zero-order valence-electron chi connectivity index (χ0n) is 70.4. The number of ether oxygens (including phenoxy) is 4. The molecule has 4 aliphatic heterocycles. The summed E-state index contributed by atoms with van der Waals surface area (Å²) in [6.07, 6.45) is -8.77. The van der Waals surface area contributed by atoms with Gasteiger partial charge in [0.05, 0.1) is 85.0 Å². The molecule has 0 spiro atoms. The van der Waals surface area contributed by atoms with E-state index >= 15 is 0 Å². The molecular formula is C86H109N11O26S2. The van der Waals surface area contributed by atoms with Crippen LogP contribution in [0.15, 0.2) is 91.1 Å². The summed E-state index contributed by atoms with van der Waals surface area (Å²) in [6.45, 7) is 10.8. The number of aliphatic hydroxyl groups excluding tert-OH is 7. The monoisotopic (exact) mass is 1780 g/mol. The fourth-order valence-corrected chi connectivity index (χ4v) is 20.2. The smallest absolute Gasteiger partial charge is 0.410 e. The van der Waals surface area contributed by atoms with E-state index in [9.17, 15) is 107 Å². The van der Waals surface area contributed by atoms with Crippen LogP contribution in [0.1, 0.15) is 147 Å². The van der Waals surface area contributed by atoms with Crippen molar-refractivity contribution < 1.29 is 126 Å². The second-order valence-electron chi connectivity index (χ2n) is 34.9. The molecular weight excluding hydrogens is 1670 g/mol. The number of carbonyl (C=O) groups is 10. The number of para-hydroxylation sites is 1.